The van der Waals surface area contributed by atoms with Gasteiger partial charge >= 0.3 is 5.97 Å². The molecule has 12 heavy (non-hydrogen) atoms. The van der Waals surface area contributed by atoms with Gasteiger partial charge in [-0.3, -0.25) is 0 Å². The molecule has 0 saturated heterocycles. The van der Waals surface area contributed by atoms with Crippen molar-refractivity contribution in [3.63, 3.8) is 0 Å². The minimum atomic E-state index is -1.21. The number of carboxylic acids is 1. The van der Waals surface area contributed by atoms with Crippen molar-refractivity contribution in [2.24, 2.45) is 0 Å². The number of halogens is 2. The maximum atomic E-state index is 11.1. The van der Waals surface area contributed by atoms with Crippen LogP contribution in [0.5, 0.6) is 5.75 Å². The van der Waals surface area contributed by atoms with Crippen LogP contribution in [-0.4, -0.2) is 16.1 Å². The number of aromatic carboxylic acids is 1. The lowest BCUT2D eigenvalue weighted by Crippen LogP contribution is -2.08. The average molecular weight is 390 g/mol. The van der Waals surface area contributed by atoms with E-state index in [0.29, 0.717) is 3.70 Å². The molecule has 1 aromatic rings. The van der Waals surface area contributed by atoms with Gasteiger partial charge in [-0.25, -0.2) is 9.78 Å². The predicted molar refractivity (Wildman–Crippen MR) is 56.1 cm³/mol. The second-order valence-corrected chi connectivity index (χ2v) is 4.04. The van der Waals surface area contributed by atoms with Crippen LogP contribution in [0.1, 0.15) is 10.4 Å². The highest BCUT2D eigenvalue weighted by Gasteiger charge is 2.07. The van der Waals surface area contributed by atoms with Crippen LogP contribution in [0.15, 0.2) is 6.07 Å². The van der Waals surface area contributed by atoms with Crippen LogP contribution in [0.4, 0.5) is 0 Å². The average Bonchev–Trinajstić information content (AvgIpc) is 1.96. The van der Waals surface area contributed by atoms with Gasteiger partial charge < -0.3 is 10.2 Å². The third-order valence-corrected chi connectivity index (χ3v) is 2.41. The maximum absolute atomic E-state index is 11.1. The van der Waals surface area contributed by atoms with E-state index >= 15 is 0 Å². The van der Waals surface area contributed by atoms with E-state index in [2.05, 4.69) is 4.98 Å². The normalized spacial score (nSPS) is 9.83. The second kappa shape index (κ2) is 3.73. The summed E-state index contributed by atoms with van der Waals surface area (Å²) in [6.45, 7) is 0. The zero-order valence-corrected chi connectivity index (χ0v) is 9.86. The van der Waals surface area contributed by atoms with Crippen LogP contribution in [-0.2, 0) is 0 Å². The lowest BCUT2D eigenvalue weighted by Gasteiger charge is -2.11. The molecular formula is C6H2I2NO3-. The van der Waals surface area contributed by atoms with Gasteiger partial charge in [0, 0.05) is 0 Å². The van der Waals surface area contributed by atoms with Crippen molar-refractivity contribution in [1.82, 2.24) is 4.98 Å². The summed E-state index contributed by atoms with van der Waals surface area (Å²) < 4.78 is 0.700. The maximum Gasteiger partial charge on any atom is 0.335 e. The number of carbonyl (C=O) groups is 1. The van der Waals surface area contributed by atoms with Gasteiger partial charge in [0.25, 0.3) is 0 Å². The summed E-state index contributed by atoms with van der Waals surface area (Å²) in [5, 5.41) is 19.7. The van der Waals surface area contributed by atoms with Crippen LogP contribution < -0.4 is 5.11 Å². The SMILES string of the molecule is O=C(O)c1cc(I)nc(I)c1[O-]. The zero-order chi connectivity index (χ0) is 9.30. The molecule has 0 bridgehead atoms. The van der Waals surface area contributed by atoms with Gasteiger partial charge in [-0.2, -0.15) is 0 Å². The summed E-state index contributed by atoms with van der Waals surface area (Å²) in [6.07, 6.45) is 0. The Hall–Kier alpha value is -0.120. The van der Waals surface area contributed by atoms with E-state index in [0.717, 1.165) is 0 Å². The van der Waals surface area contributed by atoms with E-state index in [1.807, 2.05) is 22.6 Å². The Morgan fingerprint density at radius 1 is 1.58 bits per heavy atom. The van der Waals surface area contributed by atoms with Crippen molar-refractivity contribution in [3.8, 4) is 5.75 Å². The number of hydrogen-bond acceptors (Lipinski definition) is 3. The van der Waals surface area contributed by atoms with Crippen LogP contribution in [0, 0.1) is 7.40 Å². The molecule has 1 aromatic heterocycles. The molecule has 1 N–H and O–H groups in total. The molecule has 0 saturated carbocycles. The van der Waals surface area contributed by atoms with E-state index < -0.39 is 11.7 Å². The molecule has 0 aliphatic rings. The van der Waals surface area contributed by atoms with Gasteiger partial charge in [0.1, 0.15) is 3.70 Å². The number of nitrogens with zero attached hydrogens (tertiary/aromatic N) is 1. The molecule has 1 heterocycles. The molecule has 0 radical (unpaired) electrons. The predicted octanol–water partition coefficient (Wildman–Crippen LogP) is 1.06. The highest BCUT2D eigenvalue weighted by atomic mass is 127. The van der Waals surface area contributed by atoms with Crippen molar-refractivity contribution in [2.75, 3.05) is 0 Å². The van der Waals surface area contributed by atoms with E-state index in [4.69, 9.17) is 5.11 Å². The summed E-state index contributed by atoms with van der Waals surface area (Å²) in [6, 6.07) is 1.26. The number of pyridine rings is 1. The summed E-state index contributed by atoms with van der Waals surface area (Å²) in [4.78, 5) is 14.3. The molecule has 64 valence electrons. The molecule has 6 heteroatoms. The first-order valence-electron chi connectivity index (χ1n) is 2.78. The fourth-order valence-corrected chi connectivity index (χ4v) is 2.20. The number of aromatic nitrogens is 1. The fourth-order valence-electron chi connectivity index (χ4n) is 0.631. The van der Waals surface area contributed by atoms with Crippen LogP contribution in [0.2, 0.25) is 0 Å². The van der Waals surface area contributed by atoms with Crippen LogP contribution in [0.3, 0.4) is 0 Å². The molecule has 0 amide bonds. The van der Waals surface area contributed by atoms with Crippen molar-refractivity contribution in [3.05, 3.63) is 19.0 Å². The van der Waals surface area contributed by atoms with E-state index in [-0.39, 0.29) is 9.26 Å². The first kappa shape index (κ1) is 9.96. The smallest absolute Gasteiger partial charge is 0.335 e. The quantitative estimate of drug-likeness (QED) is 0.576. The molecule has 0 fully saturated rings. The lowest BCUT2D eigenvalue weighted by atomic mass is 10.2. The summed E-state index contributed by atoms with van der Waals surface area (Å²) in [5.41, 5.74) is -0.223. The van der Waals surface area contributed by atoms with E-state index in [1.54, 1.807) is 22.6 Å². The van der Waals surface area contributed by atoms with Crippen molar-refractivity contribution in [2.45, 2.75) is 0 Å². The molecule has 4 nitrogen and oxygen atoms in total. The summed E-state index contributed by atoms with van der Waals surface area (Å²) in [7, 11) is 0. The third-order valence-electron chi connectivity index (χ3n) is 1.13. The minimum Gasteiger partial charge on any atom is -0.870 e. The fraction of sp³-hybridized carbons (Fsp3) is 0. The van der Waals surface area contributed by atoms with E-state index in [1.165, 1.54) is 6.07 Å². The highest BCUT2D eigenvalue weighted by molar-refractivity contribution is 14.1. The molecular weight excluding hydrogens is 388 g/mol. The number of hydrogen-bond donors (Lipinski definition) is 1. The van der Waals surface area contributed by atoms with Gasteiger partial charge in [-0.1, -0.05) is 5.75 Å². The minimum absolute atomic E-state index is 0.192. The molecule has 1 rings (SSSR count). The summed E-state index contributed by atoms with van der Waals surface area (Å²) in [5.74, 6) is -1.73. The van der Waals surface area contributed by atoms with Gasteiger partial charge in [0.05, 0.1) is 9.26 Å². The van der Waals surface area contributed by atoms with Gasteiger partial charge in [0.15, 0.2) is 0 Å². The van der Waals surface area contributed by atoms with Gasteiger partial charge in [0.2, 0.25) is 0 Å². The monoisotopic (exact) mass is 390 g/mol. The van der Waals surface area contributed by atoms with Crippen molar-refractivity contribution in [1.29, 1.82) is 0 Å². The Morgan fingerprint density at radius 2 is 2.17 bits per heavy atom. The molecule has 0 aliphatic carbocycles. The van der Waals surface area contributed by atoms with Crippen LogP contribution >= 0.6 is 45.2 Å². The highest BCUT2D eigenvalue weighted by Crippen LogP contribution is 2.21. The molecule has 0 spiro atoms. The Kier molecular flexibility index (Phi) is 3.09. The first-order chi connectivity index (χ1) is 5.52. The first-order valence-corrected chi connectivity index (χ1v) is 4.94. The molecule has 0 unspecified atom stereocenters. The van der Waals surface area contributed by atoms with Crippen LogP contribution in [0.25, 0.3) is 0 Å². The Balaban J connectivity index is 3.37. The molecule has 0 atom stereocenters. The van der Waals surface area contributed by atoms with Gasteiger partial charge in [-0.05, 0) is 51.2 Å². The second-order valence-electron chi connectivity index (χ2n) is 1.92. The van der Waals surface area contributed by atoms with Crippen molar-refractivity contribution < 1.29 is 15.0 Å². The third kappa shape index (κ3) is 1.97. The zero-order valence-electron chi connectivity index (χ0n) is 5.54. The largest absolute Gasteiger partial charge is 0.870 e. The molecule has 0 aliphatic heterocycles. The molecule has 0 aromatic carbocycles. The van der Waals surface area contributed by atoms with Crippen molar-refractivity contribution >= 4 is 51.2 Å². The standard InChI is InChI=1S/C6H3I2NO3/c7-3-1-2(6(11)12)4(10)5(8)9-3/h1,10H,(H,11,12)/p-1. The van der Waals surface area contributed by atoms with E-state index in [9.17, 15) is 9.90 Å². The Bertz CT molecular complexity index is 340. The number of rotatable bonds is 1. The Morgan fingerprint density at radius 3 is 2.67 bits per heavy atom. The summed E-state index contributed by atoms with van der Waals surface area (Å²) >= 11 is 3.58. The topological polar surface area (TPSA) is 73.2 Å². The van der Waals surface area contributed by atoms with Gasteiger partial charge in [-0.15, -0.1) is 0 Å². The lowest BCUT2D eigenvalue weighted by molar-refractivity contribution is -0.270. The Labute approximate surface area is 95.3 Å². The number of carboxylic acid groups (broad SMARTS) is 1.